The zero-order valence-corrected chi connectivity index (χ0v) is 13.3. The molecule has 0 aliphatic carbocycles. The maximum Gasteiger partial charge on any atom is 0.103 e. The van der Waals surface area contributed by atoms with E-state index in [1.54, 1.807) is 0 Å². The van der Waals surface area contributed by atoms with E-state index in [2.05, 4.69) is 54.3 Å². The number of anilines is 1. The van der Waals surface area contributed by atoms with Gasteiger partial charge in [-0.2, -0.15) is 0 Å². The van der Waals surface area contributed by atoms with Gasteiger partial charge in [0.15, 0.2) is 0 Å². The molecule has 0 amide bonds. The van der Waals surface area contributed by atoms with Crippen molar-refractivity contribution in [2.24, 2.45) is 5.73 Å². The quantitative estimate of drug-likeness (QED) is 0.779. The molecule has 0 saturated carbocycles. The summed E-state index contributed by atoms with van der Waals surface area (Å²) in [5.74, 6) is 0. The molecule has 0 unspecified atom stereocenters. The number of hydrogen-bond acceptors (Lipinski definition) is 2. The molecule has 3 heteroatoms. The number of rotatable bonds is 7. The van der Waals surface area contributed by atoms with E-state index in [0.717, 1.165) is 18.7 Å². The molecule has 2 aromatic rings. The van der Waals surface area contributed by atoms with Gasteiger partial charge in [0, 0.05) is 24.3 Å². The third kappa shape index (κ3) is 4.57. The van der Waals surface area contributed by atoms with Crippen LogP contribution in [0.15, 0.2) is 54.6 Å². The highest BCUT2D eigenvalue weighted by Gasteiger charge is 2.07. The van der Waals surface area contributed by atoms with Crippen LogP contribution in [-0.2, 0) is 6.54 Å². The molecule has 110 valence electrons. The Bertz CT molecular complexity index is 564. The molecular weight excluding hydrogens is 276 g/mol. The smallest absolute Gasteiger partial charge is 0.103 e. The van der Waals surface area contributed by atoms with Crippen LogP contribution in [-0.4, -0.2) is 11.5 Å². The summed E-state index contributed by atoms with van der Waals surface area (Å²) in [7, 11) is 0. The Balaban J connectivity index is 2.12. The van der Waals surface area contributed by atoms with Crippen LogP contribution >= 0.6 is 12.2 Å². The van der Waals surface area contributed by atoms with Crippen LogP contribution in [0.2, 0.25) is 0 Å². The van der Waals surface area contributed by atoms with Gasteiger partial charge in [0.05, 0.1) is 0 Å². The zero-order valence-electron chi connectivity index (χ0n) is 12.5. The molecule has 0 radical (unpaired) electrons. The van der Waals surface area contributed by atoms with Gasteiger partial charge < -0.3 is 10.6 Å². The molecule has 2 nitrogen and oxygen atoms in total. The Morgan fingerprint density at radius 2 is 1.71 bits per heavy atom. The number of para-hydroxylation sites is 1. The molecule has 0 saturated heterocycles. The molecule has 0 fully saturated rings. The van der Waals surface area contributed by atoms with Gasteiger partial charge in [-0.3, -0.25) is 0 Å². The Morgan fingerprint density at radius 1 is 1.05 bits per heavy atom. The average molecular weight is 298 g/mol. The number of thiocarbonyl (C=S) groups is 1. The van der Waals surface area contributed by atoms with E-state index in [0.29, 0.717) is 4.99 Å². The van der Waals surface area contributed by atoms with Crippen molar-refractivity contribution < 1.29 is 0 Å². The van der Waals surface area contributed by atoms with Crippen LogP contribution in [0, 0.1) is 0 Å². The van der Waals surface area contributed by atoms with Gasteiger partial charge in [0.25, 0.3) is 0 Å². The van der Waals surface area contributed by atoms with Crippen molar-refractivity contribution in [3.8, 4) is 0 Å². The van der Waals surface area contributed by atoms with Crippen LogP contribution in [0.1, 0.15) is 30.9 Å². The van der Waals surface area contributed by atoms with Crippen molar-refractivity contribution in [1.82, 2.24) is 0 Å². The lowest BCUT2D eigenvalue weighted by Crippen LogP contribution is -2.23. The normalized spacial score (nSPS) is 10.3. The minimum Gasteiger partial charge on any atom is -0.389 e. The van der Waals surface area contributed by atoms with Gasteiger partial charge in [0.1, 0.15) is 4.99 Å². The maximum atomic E-state index is 5.64. The summed E-state index contributed by atoms with van der Waals surface area (Å²) in [6.45, 7) is 4.19. The Labute approximate surface area is 132 Å². The fourth-order valence-electron chi connectivity index (χ4n) is 2.28. The minimum absolute atomic E-state index is 0.451. The second-order valence-corrected chi connectivity index (χ2v) is 5.61. The predicted octanol–water partition coefficient (Wildman–Crippen LogP) is 4.13. The molecular formula is C18H22N2S. The lowest BCUT2D eigenvalue weighted by atomic mass is 10.1. The summed E-state index contributed by atoms with van der Waals surface area (Å²) in [5, 5.41) is 0. The van der Waals surface area contributed by atoms with E-state index in [9.17, 15) is 0 Å². The van der Waals surface area contributed by atoms with Crippen molar-refractivity contribution in [1.29, 1.82) is 0 Å². The van der Waals surface area contributed by atoms with Crippen molar-refractivity contribution in [3.05, 3.63) is 65.7 Å². The zero-order chi connectivity index (χ0) is 15.1. The highest BCUT2D eigenvalue weighted by Crippen LogP contribution is 2.18. The van der Waals surface area contributed by atoms with Crippen LogP contribution in [0.4, 0.5) is 5.69 Å². The Hall–Kier alpha value is -1.87. The molecule has 21 heavy (non-hydrogen) atoms. The molecule has 0 bridgehead atoms. The SMILES string of the molecule is CCCCN(Cc1ccc(C(N)=S)cc1)c1ccccc1. The molecule has 0 atom stereocenters. The summed E-state index contributed by atoms with van der Waals surface area (Å²) in [5.41, 5.74) is 9.11. The first-order chi connectivity index (χ1) is 10.2. The van der Waals surface area contributed by atoms with Gasteiger partial charge in [-0.15, -0.1) is 0 Å². The number of hydrogen-bond donors (Lipinski definition) is 1. The minimum atomic E-state index is 0.451. The predicted molar refractivity (Wildman–Crippen MR) is 94.7 cm³/mol. The fraction of sp³-hybridized carbons (Fsp3) is 0.278. The summed E-state index contributed by atoms with van der Waals surface area (Å²) in [6, 6.07) is 18.8. The lowest BCUT2D eigenvalue weighted by Gasteiger charge is -2.25. The van der Waals surface area contributed by atoms with Gasteiger partial charge in [0.2, 0.25) is 0 Å². The Kier molecular flexibility index (Phi) is 5.76. The molecule has 0 aromatic heterocycles. The van der Waals surface area contributed by atoms with Gasteiger partial charge in [-0.05, 0) is 24.1 Å². The second-order valence-electron chi connectivity index (χ2n) is 5.17. The largest absolute Gasteiger partial charge is 0.389 e. The molecule has 0 spiro atoms. The van der Waals surface area contributed by atoms with Crippen molar-refractivity contribution >= 4 is 22.9 Å². The van der Waals surface area contributed by atoms with E-state index in [-0.39, 0.29) is 0 Å². The average Bonchev–Trinajstić information content (AvgIpc) is 2.52. The summed E-state index contributed by atoms with van der Waals surface area (Å²) < 4.78 is 0. The van der Waals surface area contributed by atoms with Crippen LogP contribution < -0.4 is 10.6 Å². The van der Waals surface area contributed by atoms with E-state index >= 15 is 0 Å². The molecule has 2 aromatic carbocycles. The van der Waals surface area contributed by atoms with Crippen LogP contribution in [0.25, 0.3) is 0 Å². The number of unbranched alkanes of at least 4 members (excludes halogenated alkanes) is 1. The number of nitrogens with zero attached hydrogens (tertiary/aromatic N) is 1. The standard InChI is InChI=1S/C18H22N2S/c1-2-3-13-20(17-7-5-4-6-8-17)14-15-9-11-16(12-10-15)18(19)21/h4-12H,2-3,13-14H2,1H3,(H2,19,21). The van der Waals surface area contributed by atoms with Gasteiger partial charge in [-0.1, -0.05) is 68.0 Å². The summed E-state index contributed by atoms with van der Waals surface area (Å²) in [6.07, 6.45) is 2.39. The van der Waals surface area contributed by atoms with Crippen LogP contribution in [0.5, 0.6) is 0 Å². The van der Waals surface area contributed by atoms with E-state index < -0.39 is 0 Å². The maximum absolute atomic E-state index is 5.64. The van der Waals surface area contributed by atoms with Gasteiger partial charge in [-0.25, -0.2) is 0 Å². The third-order valence-corrected chi connectivity index (χ3v) is 3.75. The van der Waals surface area contributed by atoms with Crippen molar-refractivity contribution in [3.63, 3.8) is 0 Å². The van der Waals surface area contributed by atoms with E-state index in [4.69, 9.17) is 18.0 Å². The summed E-state index contributed by atoms with van der Waals surface area (Å²) in [4.78, 5) is 2.87. The van der Waals surface area contributed by atoms with Gasteiger partial charge >= 0.3 is 0 Å². The highest BCUT2D eigenvalue weighted by molar-refractivity contribution is 7.80. The lowest BCUT2D eigenvalue weighted by molar-refractivity contribution is 0.716. The fourth-order valence-corrected chi connectivity index (χ4v) is 2.42. The monoisotopic (exact) mass is 298 g/mol. The molecule has 0 aliphatic heterocycles. The first kappa shape index (κ1) is 15.5. The molecule has 0 aliphatic rings. The molecule has 2 rings (SSSR count). The first-order valence-electron chi connectivity index (χ1n) is 7.39. The molecule has 2 N–H and O–H groups in total. The van der Waals surface area contributed by atoms with Crippen molar-refractivity contribution in [2.75, 3.05) is 11.4 Å². The molecule has 0 heterocycles. The van der Waals surface area contributed by atoms with Crippen molar-refractivity contribution in [2.45, 2.75) is 26.3 Å². The topological polar surface area (TPSA) is 29.3 Å². The second kappa shape index (κ2) is 7.79. The van der Waals surface area contributed by atoms with Crippen LogP contribution in [0.3, 0.4) is 0 Å². The highest BCUT2D eigenvalue weighted by atomic mass is 32.1. The summed E-state index contributed by atoms with van der Waals surface area (Å²) >= 11 is 4.99. The number of benzene rings is 2. The third-order valence-electron chi connectivity index (χ3n) is 3.51. The Morgan fingerprint density at radius 3 is 2.29 bits per heavy atom. The van der Waals surface area contributed by atoms with E-state index in [1.807, 2.05) is 12.1 Å². The number of nitrogens with two attached hydrogens (primary N) is 1. The first-order valence-corrected chi connectivity index (χ1v) is 7.80. The van der Waals surface area contributed by atoms with E-state index in [1.165, 1.54) is 24.1 Å².